The van der Waals surface area contributed by atoms with E-state index >= 15 is 0 Å². The number of aryl methyl sites for hydroxylation is 1. The van der Waals surface area contributed by atoms with Crippen LogP contribution in [0.15, 0.2) is 140 Å². The van der Waals surface area contributed by atoms with Crippen molar-refractivity contribution in [1.29, 1.82) is 0 Å². The predicted molar refractivity (Wildman–Crippen MR) is 331 cm³/mol. The maximum Gasteiger partial charge on any atom is 2.00 e. The Hall–Kier alpha value is -6.64. The van der Waals surface area contributed by atoms with E-state index in [9.17, 15) is 0 Å². The molecule has 0 bridgehead atoms. The molecule has 0 N–H and O–H groups in total. The Balaban J connectivity index is 0.00000810. The minimum absolute atomic E-state index is 0. The summed E-state index contributed by atoms with van der Waals surface area (Å²) >= 11 is 0. The number of para-hydroxylation sites is 1. The van der Waals surface area contributed by atoms with Crippen LogP contribution < -0.4 is 13.9 Å². The molecule has 0 amide bonds. The number of pyridine rings is 1. The monoisotopic (exact) mass is 1230 g/mol. The van der Waals surface area contributed by atoms with Gasteiger partial charge < -0.3 is 9.30 Å². The van der Waals surface area contributed by atoms with Gasteiger partial charge in [-0.1, -0.05) is 208 Å². The molecule has 0 aliphatic carbocycles. The molecule has 2 aromatic heterocycles. The quantitative estimate of drug-likeness (QED) is 0.118. The fraction of sp³-hybridized carbons (Fsp3) is 0.342. The molecule has 406 valence electrons. The molecule has 1 aliphatic heterocycles. The van der Waals surface area contributed by atoms with Crippen LogP contribution in [0.3, 0.4) is 0 Å². The summed E-state index contributed by atoms with van der Waals surface area (Å²) in [4.78, 5) is 5.01. The Morgan fingerprint density at radius 3 is 1.68 bits per heavy atom. The Labute approximate surface area is 490 Å². The molecule has 0 spiro atoms. The van der Waals surface area contributed by atoms with Gasteiger partial charge in [0.05, 0.1) is 5.56 Å². The summed E-state index contributed by atoms with van der Waals surface area (Å²) in [6, 6.07) is 58.2. The summed E-state index contributed by atoms with van der Waals surface area (Å²) in [5.74, 6) is 1.84. The van der Waals surface area contributed by atoms with Crippen molar-refractivity contribution >= 4 is 50.6 Å². The summed E-state index contributed by atoms with van der Waals surface area (Å²) in [7, 11) is 0. The van der Waals surface area contributed by atoms with E-state index in [2.05, 4.69) is 237 Å². The van der Waals surface area contributed by atoms with Crippen LogP contribution in [-0.2, 0) is 53.6 Å². The van der Waals surface area contributed by atoms with Crippen LogP contribution in [0.2, 0.25) is 0 Å². The van der Waals surface area contributed by atoms with Gasteiger partial charge in [-0.2, -0.15) is 12.1 Å². The Bertz CT molecular complexity index is 3990. The molecule has 3 heterocycles. The van der Waals surface area contributed by atoms with E-state index in [0.29, 0.717) is 28.3 Å². The van der Waals surface area contributed by atoms with Crippen molar-refractivity contribution in [3.63, 3.8) is 0 Å². The Kier molecular flexibility index (Phi) is 13.5. The van der Waals surface area contributed by atoms with E-state index in [4.69, 9.17) is 13.8 Å². The Morgan fingerprint density at radius 2 is 1.08 bits per heavy atom. The first kappa shape index (κ1) is 53.0. The second kappa shape index (κ2) is 20.2. The standard InChI is InChI=1S/C73H80N4O.Pt/c1-46-34-49(68(2,3)4)27-29-59(46)61-24-21-25-64-67(61)76(56-40-53(72(14,15)16)39-54(41-56)73(17,18)19)45-75(64)55-22-20-23-57(43-55)78-58-28-30-60-62-37-47(48-35-51(70(8,9)10)38-52(36-48)71(11,12)13)26-31-63(62)77(65(60)44-58)66-42-50(32-33-74-66)69(5,6)7;/h20-42H,1-19H3;/q;+2/i1D3;. The Morgan fingerprint density at radius 1 is 0.494 bits per heavy atom. The zero-order valence-corrected chi connectivity index (χ0v) is 52.1. The van der Waals surface area contributed by atoms with Crippen molar-refractivity contribution < 1.29 is 29.9 Å². The number of hydrogen-bond donors (Lipinski definition) is 0. The van der Waals surface area contributed by atoms with Crippen molar-refractivity contribution in [3.8, 4) is 39.6 Å². The van der Waals surface area contributed by atoms with Crippen molar-refractivity contribution in [2.24, 2.45) is 0 Å². The molecule has 5 nitrogen and oxygen atoms in total. The van der Waals surface area contributed by atoms with Crippen molar-refractivity contribution in [1.82, 2.24) is 18.7 Å². The number of aromatic nitrogens is 2. The van der Waals surface area contributed by atoms with Gasteiger partial charge in [0, 0.05) is 45.5 Å². The molecule has 9 aromatic rings. The van der Waals surface area contributed by atoms with Crippen molar-refractivity contribution in [2.75, 3.05) is 0 Å². The molecule has 7 aromatic carbocycles. The van der Waals surface area contributed by atoms with Crippen LogP contribution in [0.5, 0.6) is 11.5 Å². The second-order valence-corrected chi connectivity index (χ2v) is 27.8. The zero-order chi connectivity index (χ0) is 58.7. The molecule has 0 saturated heterocycles. The maximum absolute atomic E-state index is 8.87. The molecule has 0 atom stereocenters. The van der Waals surface area contributed by atoms with E-state index < -0.39 is 6.85 Å². The molecule has 0 fully saturated rings. The molecule has 79 heavy (non-hydrogen) atoms. The predicted octanol–water partition coefficient (Wildman–Crippen LogP) is 19.9. The smallest absolute Gasteiger partial charge is 0.509 e. The molecular formula is C73H80N4OPt+2. The maximum atomic E-state index is 8.87. The fourth-order valence-electron chi connectivity index (χ4n) is 10.4. The van der Waals surface area contributed by atoms with Crippen LogP contribution in [0.25, 0.3) is 49.9 Å². The number of fused-ring (bicyclic) bond motifs is 4. The fourth-order valence-corrected chi connectivity index (χ4v) is 10.4. The first-order chi connectivity index (χ1) is 37.5. The van der Waals surface area contributed by atoms with Gasteiger partial charge in [-0.15, -0.1) is 23.6 Å². The topological polar surface area (TPSA) is 33.1 Å². The minimum Gasteiger partial charge on any atom is -0.509 e. The van der Waals surface area contributed by atoms with Crippen LogP contribution >= 0.6 is 0 Å². The van der Waals surface area contributed by atoms with Crippen LogP contribution in [0.4, 0.5) is 22.7 Å². The molecule has 1 aliphatic rings. The van der Waals surface area contributed by atoms with Gasteiger partial charge >= 0.3 is 32.8 Å². The van der Waals surface area contributed by atoms with Gasteiger partial charge in [0.1, 0.15) is 11.5 Å². The number of nitrogens with zero attached hydrogens (tertiary/aromatic N) is 4. The summed E-state index contributed by atoms with van der Waals surface area (Å²) in [6.07, 6.45) is 1.91. The third kappa shape index (κ3) is 11.3. The van der Waals surface area contributed by atoms with Crippen LogP contribution in [-0.4, -0.2) is 15.6 Å². The molecule has 0 radical (unpaired) electrons. The average Bonchev–Trinajstić information content (AvgIpc) is 2.02. The van der Waals surface area contributed by atoms with Gasteiger partial charge in [0.15, 0.2) is 0 Å². The largest absolute Gasteiger partial charge is 2.00 e. The zero-order valence-electron chi connectivity index (χ0n) is 52.8. The van der Waals surface area contributed by atoms with Gasteiger partial charge in [-0.3, -0.25) is 0 Å². The third-order valence-electron chi connectivity index (χ3n) is 15.5. The summed E-state index contributed by atoms with van der Waals surface area (Å²) < 4.78 is 39.8. The van der Waals surface area contributed by atoms with Gasteiger partial charge in [0.2, 0.25) is 5.69 Å². The SMILES string of the molecule is [2H]C([2H])([2H])c1cc(C(C)(C)C)ccc1-c1cccc2c1[N+](c1cc(C(C)(C)C)cc(C(C)(C)C)c1)=C=[N+]2c1[c-]c(Oc2[c-]c3c(cc2)c2cc(-c4cc(C(C)(C)C)cc(C(C)(C)C)c4)ccc2n3-c2cc(C(C)(C)C)ccn2)ccc1.[Pt+2]. The summed E-state index contributed by atoms with van der Waals surface area (Å²) in [5, 5.41) is 2.14. The van der Waals surface area contributed by atoms with Crippen molar-refractivity contribution in [2.45, 2.75) is 164 Å². The summed E-state index contributed by atoms with van der Waals surface area (Å²) in [5.41, 5.74) is 15.7. The first-order valence-corrected chi connectivity index (χ1v) is 27.7. The van der Waals surface area contributed by atoms with Crippen LogP contribution in [0.1, 0.15) is 168 Å². The summed E-state index contributed by atoms with van der Waals surface area (Å²) in [6.45, 7) is 37.8. The van der Waals surface area contributed by atoms with Crippen molar-refractivity contribution in [3.05, 3.63) is 191 Å². The second-order valence-electron chi connectivity index (χ2n) is 27.8. The van der Waals surface area contributed by atoms with Gasteiger partial charge in [-0.05, 0) is 129 Å². The normalized spacial score (nSPS) is 14.1. The number of rotatable bonds is 7. The number of ether oxygens (including phenoxy) is 1. The number of hydrogen-bond acceptors (Lipinski definition) is 2. The van der Waals surface area contributed by atoms with Crippen LogP contribution in [0, 0.1) is 19.0 Å². The molecule has 6 heteroatoms. The van der Waals surface area contributed by atoms with Gasteiger partial charge in [0.25, 0.3) is 5.69 Å². The van der Waals surface area contributed by atoms with E-state index in [1.54, 1.807) is 0 Å². The third-order valence-corrected chi connectivity index (χ3v) is 15.5. The van der Waals surface area contributed by atoms with E-state index in [0.717, 1.165) is 61.4 Å². The van der Waals surface area contributed by atoms with E-state index in [1.165, 1.54) is 33.4 Å². The molecule has 0 saturated carbocycles. The average molecular weight is 1230 g/mol. The minimum atomic E-state index is -2.37. The number of benzene rings is 7. The van der Waals surface area contributed by atoms with Gasteiger partial charge in [-0.25, -0.2) is 4.98 Å². The molecule has 10 rings (SSSR count). The van der Waals surface area contributed by atoms with E-state index in [-0.39, 0.29) is 53.6 Å². The van der Waals surface area contributed by atoms with E-state index in [1.807, 2.05) is 59.3 Å². The molecule has 0 unspecified atom stereocenters. The molecular weight excluding hydrogens is 1140 g/mol. The first-order valence-electron chi connectivity index (χ1n) is 29.2.